The van der Waals surface area contributed by atoms with E-state index in [0.717, 1.165) is 30.0 Å². The maximum Gasteiger partial charge on any atom is 0.231 e. The van der Waals surface area contributed by atoms with Gasteiger partial charge in [-0.05, 0) is 54.8 Å². The number of hydrogen-bond donors (Lipinski definition) is 1. The molecule has 4 heterocycles. The number of amides is 1. The Balaban J connectivity index is 1.10. The summed E-state index contributed by atoms with van der Waals surface area (Å²) >= 11 is 0. The second-order valence-electron chi connectivity index (χ2n) is 8.63. The van der Waals surface area contributed by atoms with E-state index in [1.807, 2.05) is 30.3 Å². The van der Waals surface area contributed by atoms with E-state index in [1.165, 1.54) is 6.07 Å². The fraction of sp³-hybridized carbons (Fsp3) is 0.280. The number of anilines is 1. The molecule has 2 aliphatic rings. The van der Waals surface area contributed by atoms with Crippen LogP contribution in [-0.4, -0.2) is 45.6 Å². The third-order valence-electron chi connectivity index (χ3n) is 6.46. The Morgan fingerprint density at radius 3 is 2.71 bits per heavy atom. The summed E-state index contributed by atoms with van der Waals surface area (Å²) in [6, 6.07) is 15.8. The number of benzene rings is 2. The molecular weight excluding hydrogens is 451 g/mol. The lowest BCUT2D eigenvalue weighted by molar-refractivity contribution is -0.125. The number of nitrogens with zero attached hydrogens (tertiary/aromatic N) is 5. The summed E-state index contributed by atoms with van der Waals surface area (Å²) in [6.45, 7) is 2.06. The Hall–Kier alpha value is -4.21. The SMILES string of the molecule is O=C(NCc1ccc2c(c1)OCO2)C1CCN(c2ccc3nnc(-c4ccccc4F)n3n2)CC1. The molecule has 9 nitrogen and oxygen atoms in total. The van der Waals surface area contributed by atoms with E-state index < -0.39 is 0 Å². The van der Waals surface area contributed by atoms with Gasteiger partial charge in [0.15, 0.2) is 23.0 Å². The van der Waals surface area contributed by atoms with Crippen LogP contribution in [0, 0.1) is 11.7 Å². The van der Waals surface area contributed by atoms with Crippen LogP contribution in [-0.2, 0) is 11.3 Å². The molecule has 1 saturated heterocycles. The second-order valence-corrected chi connectivity index (χ2v) is 8.63. The molecule has 0 radical (unpaired) electrons. The van der Waals surface area contributed by atoms with Crippen LogP contribution in [0.4, 0.5) is 10.2 Å². The topological polar surface area (TPSA) is 93.9 Å². The highest BCUT2D eigenvalue weighted by Gasteiger charge is 2.26. The second kappa shape index (κ2) is 8.86. The van der Waals surface area contributed by atoms with Crippen LogP contribution >= 0.6 is 0 Å². The fourth-order valence-electron chi connectivity index (χ4n) is 4.51. The zero-order valence-corrected chi connectivity index (χ0v) is 18.9. The molecule has 10 heteroatoms. The zero-order valence-electron chi connectivity index (χ0n) is 18.9. The van der Waals surface area contributed by atoms with Crippen molar-refractivity contribution in [2.45, 2.75) is 19.4 Å². The molecule has 1 N–H and O–H groups in total. The number of piperidine rings is 1. The van der Waals surface area contributed by atoms with E-state index >= 15 is 0 Å². The molecule has 2 aromatic heterocycles. The lowest BCUT2D eigenvalue weighted by Crippen LogP contribution is -2.40. The Bertz CT molecular complexity index is 1400. The van der Waals surface area contributed by atoms with Crippen molar-refractivity contribution < 1.29 is 18.7 Å². The van der Waals surface area contributed by atoms with E-state index in [1.54, 1.807) is 22.7 Å². The maximum absolute atomic E-state index is 14.3. The van der Waals surface area contributed by atoms with Crippen molar-refractivity contribution in [1.29, 1.82) is 0 Å². The van der Waals surface area contributed by atoms with Crippen LogP contribution in [0.25, 0.3) is 17.0 Å². The van der Waals surface area contributed by atoms with Crippen LogP contribution < -0.4 is 19.7 Å². The zero-order chi connectivity index (χ0) is 23.8. The molecule has 0 unspecified atom stereocenters. The van der Waals surface area contributed by atoms with Crippen LogP contribution in [0.1, 0.15) is 18.4 Å². The Morgan fingerprint density at radius 1 is 1.03 bits per heavy atom. The smallest absolute Gasteiger partial charge is 0.231 e. The van der Waals surface area contributed by atoms with E-state index in [9.17, 15) is 9.18 Å². The Kier molecular flexibility index (Phi) is 5.40. The first-order valence-electron chi connectivity index (χ1n) is 11.5. The van der Waals surface area contributed by atoms with Crippen molar-refractivity contribution in [2.75, 3.05) is 24.8 Å². The van der Waals surface area contributed by atoms with Crippen molar-refractivity contribution in [1.82, 2.24) is 25.1 Å². The molecule has 0 atom stereocenters. The fourth-order valence-corrected chi connectivity index (χ4v) is 4.51. The average Bonchev–Trinajstić information content (AvgIpc) is 3.54. The quantitative estimate of drug-likeness (QED) is 0.475. The molecule has 1 amide bonds. The normalized spacial score (nSPS) is 15.5. The lowest BCUT2D eigenvalue weighted by Gasteiger charge is -2.32. The average molecular weight is 474 g/mol. The highest BCUT2D eigenvalue weighted by molar-refractivity contribution is 5.79. The molecule has 0 bridgehead atoms. The predicted octanol–water partition coefficient (Wildman–Crippen LogP) is 3.19. The summed E-state index contributed by atoms with van der Waals surface area (Å²) < 4.78 is 26.6. The predicted molar refractivity (Wildman–Crippen MR) is 126 cm³/mol. The van der Waals surface area contributed by atoms with E-state index in [0.29, 0.717) is 42.4 Å². The van der Waals surface area contributed by atoms with Crippen LogP contribution in [0.5, 0.6) is 11.5 Å². The molecule has 0 spiro atoms. The first kappa shape index (κ1) is 21.3. The van der Waals surface area contributed by atoms with Gasteiger partial charge in [-0.1, -0.05) is 18.2 Å². The van der Waals surface area contributed by atoms with Crippen LogP contribution in [0.15, 0.2) is 54.6 Å². The third kappa shape index (κ3) is 4.11. The van der Waals surface area contributed by atoms with Crippen molar-refractivity contribution in [3.63, 3.8) is 0 Å². The standard InChI is InChI=1S/C25H23FN6O3/c26-19-4-2-1-3-18(19)24-29-28-22-7-8-23(30-32(22)24)31-11-9-17(10-12-31)25(33)27-14-16-5-6-20-21(13-16)35-15-34-20/h1-8,13,17H,9-12,14-15H2,(H,27,33). The first-order chi connectivity index (χ1) is 17.2. The van der Waals surface area contributed by atoms with Gasteiger partial charge in [0.2, 0.25) is 12.7 Å². The van der Waals surface area contributed by atoms with Gasteiger partial charge in [-0.25, -0.2) is 4.39 Å². The number of carbonyl (C=O) groups is 1. The molecule has 0 saturated carbocycles. The maximum atomic E-state index is 14.3. The number of rotatable bonds is 5. The highest BCUT2D eigenvalue weighted by atomic mass is 19.1. The number of carbonyl (C=O) groups excluding carboxylic acids is 1. The van der Waals surface area contributed by atoms with Gasteiger partial charge in [-0.2, -0.15) is 4.52 Å². The largest absolute Gasteiger partial charge is 0.454 e. The van der Waals surface area contributed by atoms with Gasteiger partial charge < -0.3 is 19.7 Å². The van der Waals surface area contributed by atoms with E-state index in [4.69, 9.17) is 9.47 Å². The minimum absolute atomic E-state index is 0.0476. The molecular formula is C25H23FN6O3. The Morgan fingerprint density at radius 2 is 1.86 bits per heavy atom. The monoisotopic (exact) mass is 474 g/mol. The van der Waals surface area contributed by atoms with Crippen molar-refractivity contribution in [3.8, 4) is 22.9 Å². The molecule has 2 aliphatic heterocycles. The first-order valence-corrected chi connectivity index (χ1v) is 11.5. The minimum Gasteiger partial charge on any atom is -0.454 e. The Labute approximate surface area is 200 Å². The molecule has 35 heavy (non-hydrogen) atoms. The van der Waals surface area contributed by atoms with Crippen molar-refractivity contribution >= 4 is 17.4 Å². The third-order valence-corrected chi connectivity index (χ3v) is 6.46. The van der Waals surface area contributed by atoms with E-state index in [-0.39, 0.29) is 24.4 Å². The van der Waals surface area contributed by atoms with Gasteiger partial charge in [-0.3, -0.25) is 4.79 Å². The molecule has 6 rings (SSSR count). The van der Waals surface area contributed by atoms with Gasteiger partial charge in [-0.15, -0.1) is 15.3 Å². The molecule has 2 aromatic carbocycles. The van der Waals surface area contributed by atoms with Gasteiger partial charge in [0.1, 0.15) is 11.6 Å². The summed E-state index contributed by atoms with van der Waals surface area (Å²) in [6.07, 6.45) is 1.43. The number of ether oxygens (including phenoxy) is 2. The number of aromatic nitrogens is 4. The minimum atomic E-state index is -0.374. The lowest BCUT2D eigenvalue weighted by atomic mass is 9.96. The number of nitrogens with one attached hydrogen (secondary N) is 1. The van der Waals surface area contributed by atoms with Gasteiger partial charge in [0.25, 0.3) is 0 Å². The number of fused-ring (bicyclic) bond motifs is 2. The summed E-state index contributed by atoms with van der Waals surface area (Å²) in [4.78, 5) is 14.9. The molecule has 1 fully saturated rings. The van der Waals surface area contributed by atoms with Gasteiger partial charge in [0, 0.05) is 25.6 Å². The van der Waals surface area contributed by atoms with E-state index in [2.05, 4.69) is 25.5 Å². The highest BCUT2D eigenvalue weighted by Crippen LogP contribution is 2.32. The summed E-state index contributed by atoms with van der Waals surface area (Å²) in [5.41, 5.74) is 1.87. The summed E-state index contributed by atoms with van der Waals surface area (Å²) in [7, 11) is 0. The number of hydrogen-bond acceptors (Lipinski definition) is 7. The van der Waals surface area contributed by atoms with Crippen LogP contribution in [0.3, 0.4) is 0 Å². The molecule has 178 valence electrons. The molecule has 4 aromatic rings. The molecule has 0 aliphatic carbocycles. The van der Waals surface area contributed by atoms with Gasteiger partial charge in [0.05, 0.1) is 5.56 Å². The summed E-state index contributed by atoms with van der Waals surface area (Å²) in [5.74, 6) is 2.15. The van der Waals surface area contributed by atoms with Crippen molar-refractivity contribution in [3.05, 3.63) is 66.0 Å². The van der Waals surface area contributed by atoms with Gasteiger partial charge >= 0.3 is 0 Å². The summed E-state index contributed by atoms with van der Waals surface area (Å²) in [5, 5.41) is 16.0. The number of halogens is 1. The van der Waals surface area contributed by atoms with Crippen LogP contribution in [0.2, 0.25) is 0 Å². The van der Waals surface area contributed by atoms with Crippen molar-refractivity contribution in [2.24, 2.45) is 5.92 Å².